The van der Waals surface area contributed by atoms with Crippen LogP contribution in [0.25, 0.3) is 17.0 Å². The van der Waals surface area contributed by atoms with Crippen molar-refractivity contribution in [1.29, 1.82) is 0 Å². The van der Waals surface area contributed by atoms with E-state index in [4.69, 9.17) is 9.47 Å². The molecule has 9 nitrogen and oxygen atoms in total. The molecule has 3 heterocycles. The summed E-state index contributed by atoms with van der Waals surface area (Å²) >= 11 is 0. The molecule has 0 atom stereocenters. The Morgan fingerprint density at radius 1 is 1.15 bits per heavy atom. The number of aromatic amines is 1. The smallest absolute Gasteiger partial charge is 0.232 e. The second kappa shape index (κ2) is 8.29. The Kier molecular flexibility index (Phi) is 5.43. The Bertz CT molecular complexity index is 1370. The van der Waals surface area contributed by atoms with Crippen LogP contribution in [0.15, 0.2) is 42.2 Å². The van der Waals surface area contributed by atoms with E-state index in [1.807, 2.05) is 24.3 Å². The zero-order valence-electron chi connectivity index (χ0n) is 18.4. The standard InChI is InChI=1S/C23H24N4O5S/c1-31-20-8-7-16-22(28)21(13-19-15-5-3-4-6-18(15)24-25-19)32-23(16)17(20)14-26-9-11-27(12-10-26)33(2,29)30/h3-8,13H,9-12,14H2,1-2H3,(H,24,25)/b21-13-. The minimum atomic E-state index is -3.20. The van der Waals surface area contributed by atoms with Crippen molar-refractivity contribution >= 4 is 32.8 Å². The Morgan fingerprint density at radius 2 is 1.91 bits per heavy atom. The van der Waals surface area contributed by atoms with Crippen molar-refractivity contribution in [1.82, 2.24) is 19.4 Å². The number of aromatic nitrogens is 2. The SMILES string of the molecule is COc1ccc2c(c1CN1CCN(S(C)(=O)=O)CC1)O/C(=C\c1n[nH]c3ccccc13)C2=O. The van der Waals surface area contributed by atoms with Crippen LogP contribution < -0.4 is 9.47 Å². The van der Waals surface area contributed by atoms with Gasteiger partial charge < -0.3 is 9.47 Å². The van der Waals surface area contributed by atoms with Crippen LogP contribution in [0.4, 0.5) is 0 Å². The Labute approximate surface area is 191 Å². The van der Waals surface area contributed by atoms with E-state index >= 15 is 0 Å². The second-order valence-corrected chi connectivity index (χ2v) is 10.1. The summed E-state index contributed by atoms with van der Waals surface area (Å²) in [5.74, 6) is 1.11. The maximum absolute atomic E-state index is 13.1. The highest BCUT2D eigenvalue weighted by Crippen LogP contribution is 2.40. The van der Waals surface area contributed by atoms with Gasteiger partial charge in [0.25, 0.3) is 0 Å². The van der Waals surface area contributed by atoms with E-state index in [9.17, 15) is 13.2 Å². The minimum absolute atomic E-state index is 0.206. The molecule has 2 aliphatic rings. The molecule has 10 heteroatoms. The summed E-state index contributed by atoms with van der Waals surface area (Å²) in [6.07, 6.45) is 2.88. The quantitative estimate of drug-likeness (QED) is 0.573. The summed E-state index contributed by atoms with van der Waals surface area (Å²) in [4.78, 5) is 15.2. The third-order valence-electron chi connectivity index (χ3n) is 6.07. The number of para-hydroxylation sites is 1. The molecule has 5 rings (SSSR count). The van der Waals surface area contributed by atoms with Gasteiger partial charge in [0.1, 0.15) is 11.5 Å². The molecule has 0 radical (unpaired) electrons. The normalized spacial score (nSPS) is 18.6. The predicted octanol–water partition coefficient (Wildman–Crippen LogP) is 2.26. The molecule has 2 aromatic carbocycles. The highest BCUT2D eigenvalue weighted by atomic mass is 32.2. The summed E-state index contributed by atoms with van der Waals surface area (Å²) < 4.78 is 36.7. The van der Waals surface area contributed by atoms with Crippen LogP contribution in [-0.4, -0.2) is 73.1 Å². The molecule has 172 valence electrons. The van der Waals surface area contributed by atoms with E-state index in [1.54, 1.807) is 25.3 Å². The van der Waals surface area contributed by atoms with Crippen LogP contribution in [0.2, 0.25) is 0 Å². The van der Waals surface area contributed by atoms with E-state index in [1.165, 1.54) is 10.6 Å². The van der Waals surface area contributed by atoms with Crippen LogP contribution in [0, 0.1) is 0 Å². The van der Waals surface area contributed by atoms with Crippen molar-refractivity contribution < 1.29 is 22.7 Å². The fourth-order valence-corrected chi connectivity index (χ4v) is 5.12. The molecule has 0 aliphatic carbocycles. The molecule has 1 N–H and O–H groups in total. The zero-order chi connectivity index (χ0) is 23.2. The number of carbonyl (C=O) groups is 1. The van der Waals surface area contributed by atoms with Crippen LogP contribution in [-0.2, 0) is 16.6 Å². The number of piperazine rings is 1. The topological polar surface area (TPSA) is 105 Å². The van der Waals surface area contributed by atoms with Crippen molar-refractivity contribution in [3.63, 3.8) is 0 Å². The van der Waals surface area contributed by atoms with Gasteiger partial charge in [0.2, 0.25) is 15.8 Å². The van der Waals surface area contributed by atoms with Gasteiger partial charge in [0.15, 0.2) is 5.76 Å². The Hall–Kier alpha value is -3.21. The van der Waals surface area contributed by atoms with Crippen molar-refractivity contribution in [3.05, 3.63) is 59.0 Å². The van der Waals surface area contributed by atoms with E-state index in [0.717, 1.165) is 16.5 Å². The lowest BCUT2D eigenvalue weighted by atomic mass is 10.0. The number of ether oxygens (including phenoxy) is 2. The first kappa shape index (κ1) is 21.6. The van der Waals surface area contributed by atoms with E-state index in [-0.39, 0.29) is 11.5 Å². The molecular weight excluding hydrogens is 444 g/mol. The largest absolute Gasteiger partial charge is 0.496 e. The number of hydrogen-bond donors (Lipinski definition) is 1. The number of H-pyrrole nitrogens is 1. The third kappa shape index (κ3) is 4.01. The van der Waals surface area contributed by atoms with Crippen molar-refractivity contribution in [2.75, 3.05) is 39.5 Å². The maximum Gasteiger partial charge on any atom is 0.232 e. The van der Waals surface area contributed by atoms with Gasteiger partial charge in [-0.15, -0.1) is 0 Å². The van der Waals surface area contributed by atoms with Gasteiger partial charge in [-0.05, 0) is 18.2 Å². The van der Waals surface area contributed by atoms with Crippen LogP contribution in [0.3, 0.4) is 0 Å². The maximum atomic E-state index is 13.1. The molecule has 0 unspecified atom stereocenters. The van der Waals surface area contributed by atoms with E-state index in [0.29, 0.717) is 55.5 Å². The number of carbonyl (C=O) groups excluding carboxylic acids is 1. The summed E-state index contributed by atoms with van der Waals surface area (Å²) in [7, 11) is -1.62. The first-order valence-corrected chi connectivity index (χ1v) is 12.4. The summed E-state index contributed by atoms with van der Waals surface area (Å²) in [5, 5.41) is 8.18. The molecule has 2 aliphatic heterocycles. The first-order chi connectivity index (χ1) is 15.8. The number of fused-ring (bicyclic) bond motifs is 2. The van der Waals surface area contributed by atoms with Crippen LogP contribution in [0.5, 0.6) is 11.5 Å². The highest BCUT2D eigenvalue weighted by molar-refractivity contribution is 7.88. The van der Waals surface area contributed by atoms with Gasteiger partial charge in [-0.3, -0.25) is 14.8 Å². The second-order valence-electron chi connectivity index (χ2n) is 8.16. The average molecular weight is 469 g/mol. The van der Waals surface area contributed by atoms with Gasteiger partial charge in [-0.2, -0.15) is 9.40 Å². The highest BCUT2D eigenvalue weighted by Gasteiger charge is 2.33. The molecule has 33 heavy (non-hydrogen) atoms. The number of sulfonamides is 1. The molecule has 0 spiro atoms. The molecule has 0 bridgehead atoms. The number of rotatable bonds is 5. The molecule has 1 saturated heterocycles. The number of nitrogens with one attached hydrogen (secondary N) is 1. The third-order valence-corrected chi connectivity index (χ3v) is 7.37. The average Bonchev–Trinajstić information content (AvgIpc) is 3.35. The lowest BCUT2D eigenvalue weighted by Crippen LogP contribution is -2.47. The predicted molar refractivity (Wildman–Crippen MR) is 124 cm³/mol. The van der Waals surface area contributed by atoms with Crippen LogP contribution in [0.1, 0.15) is 21.6 Å². The van der Waals surface area contributed by atoms with Crippen LogP contribution >= 0.6 is 0 Å². The van der Waals surface area contributed by atoms with Gasteiger partial charge in [0, 0.05) is 44.2 Å². The van der Waals surface area contributed by atoms with Crippen molar-refractivity contribution in [2.24, 2.45) is 0 Å². The van der Waals surface area contributed by atoms with Crippen molar-refractivity contribution in [2.45, 2.75) is 6.54 Å². The van der Waals surface area contributed by atoms with Crippen molar-refractivity contribution in [3.8, 4) is 11.5 Å². The monoisotopic (exact) mass is 468 g/mol. The lowest BCUT2D eigenvalue weighted by Gasteiger charge is -2.33. The Balaban J connectivity index is 1.43. The molecule has 1 aromatic heterocycles. The number of Topliss-reactive ketones (excluding diaryl/α,β-unsaturated/α-hetero) is 1. The number of ketones is 1. The molecule has 3 aromatic rings. The zero-order valence-corrected chi connectivity index (χ0v) is 19.2. The Morgan fingerprint density at radius 3 is 2.64 bits per heavy atom. The van der Waals surface area contributed by atoms with E-state index < -0.39 is 10.0 Å². The van der Waals surface area contributed by atoms with Gasteiger partial charge >= 0.3 is 0 Å². The number of benzene rings is 2. The van der Waals surface area contributed by atoms with E-state index in [2.05, 4.69) is 15.1 Å². The molecule has 0 saturated carbocycles. The van der Waals surface area contributed by atoms with Gasteiger partial charge in [0.05, 0.1) is 35.7 Å². The van der Waals surface area contributed by atoms with Gasteiger partial charge in [-0.1, -0.05) is 18.2 Å². The molecule has 1 fully saturated rings. The lowest BCUT2D eigenvalue weighted by molar-refractivity contribution is 0.101. The number of hydrogen-bond acceptors (Lipinski definition) is 7. The fourth-order valence-electron chi connectivity index (χ4n) is 4.29. The number of methoxy groups -OCH3 is 1. The molecular formula is C23H24N4O5S. The van der Waals surface area contributed by atoms with Gasteiger partial charge in [-0.25, -0.2) is 8.42 Å². The summed E-state index contributed by atoms with van der Waals surface area (Å²) in [5.41, 5.74) is 2.76. The number of allylic oxidation sites excluding steroid dienone is 1. The minimum Gasteiger partial charge on any atom is -0.496 e. The summed E-state index contributed by atoms with van der Waals surface area (Å²) in [6, 6.07) is 11.2. The summed E-state index contributed by atoms with van der Waals surface area (Å²) in [6.45, 7) is 2.49. The molecule has 0 amide bonds. The first-order valence-electron chi connectivity index (χ1n) is 10.6. The fraction of sp³-hybridized carbons (Fsp3) is 0.304. The number of nitrogens with zero attached hydrogens (tertiary/aromatic N) is 3.